The Morgan fingerprint density at radius 3 is 1.56 bits per heavy atom. The molecule has 2 aromatic rings. The van der Waals surface area contributed by atoms with Crippen LogP contribution in [0.2, 0.25) is 0 Å². The Balaban J connectivity index is 2.00. The average Bonchev–Trinajstić information content (AvgIpc) is 2.90. The van der Waals surface area contributed by atoms with Crippen LogP contribution in [0.5, 0.6) is 0 Å². The second-order valence-electron chi connectivity index (χ2n) is 2.78. The number of aromatic nitrogens is 8. The van der Waals surface area contributed by atoms with Gasteiger partial charge in [-0.05, 0) is 20.9 Å². The first-order valence-corrected chi connectivity index (χ1v) is 4.28. The van der Waals surface area contributed by atoms with Crippen molar-refractivity contribution in [3.05, 3.63) is 0 Å². The zero-order valence-electron chi connectivity index (χ0n) is 8.55. The third-order valence-electron chi connectivity index (χ3n) is 1.61. The summed E-state index contributed by atoms with van der Waals surface area (Å²) in [6, 6.07) is 0. The molecule has 0 aliphatic carbocycles. The highest BCUT2D eigenvalue weighted by atomic mass is 16.2. The fourth-order valence-electron chi connectivity index (χ4n) is 0.841. The van der Waals surface area contributed by atoms with E-state index in [4.69, 9.17) is 11.5 Å². The fraction of sp³-hybridized carbons (Fsp3) is 0. The van der Waals surface area contributed by atoms with Gasteiger partial charge in [0, 0.05) is 0 Å². The van der Waals surface area contributed by atoms with E-state index in [9.17, 15) is 9.59 Å². The Morgan fingerprint density at radius 1 is 0.889 bits per heavy atom. The lowest BCUT2D eigenvalue weighted by Crippen LogP contribution is -2.39. The lowest BCUT2D eigenvalue weighted by Gasteiger charge is -2.05. The summed E-state index contributed by atoms with van der Waals surface area (Å²) in [4.78, 5) is 24.2. The van der Waals surface area contributed by atoms with Crippen LogP contribution < -0.4 is 22.3 Å². The van der Waals surface area contributed by atoms with Crippen molar-refractivity contribution in [3.63, 3.8) is 0 Å². The Morgan fingerprint density at radius 2 is 1.28 bits per heavy atom. The van der Waals surface area contributed by atoms with E-state index in [1.165, 1.54) is 0 Å². The topological polar surface area (TPSA) is 197 Å². The van der Waals surface area contributed by atoms with E-state index >= 15 is 0 Å². The van der Waals surface area contributed by atoms with Gasteiger partial charge in [0.25, 0.3) is 11.9 Å². The summed E-state index contributed by atoms with van der Waals surface area (Å²) in [6.07, 6.45) is 0. The van der Waals surface area contributed by atoms with Crippen LogP contribution in [-0.2, 0) is 9.59 Å². The number of nitrogen functional groups attached to an aromatic ring is 2. The minimum atomic E-state index is -1.09. The highest BCUT2D eigenvalue weighted by molar-refractivity contribution is 6.41. The zero-order valence-corrected chi connectivity index (χ0v) is 8.55. The largest absolute Gasteiger partial charge is 0.365 e. The van der Waals surface area contributed by atoms with Gasteiger partial charge in [-0.15, -0.1) is 9.58 Å². The van der Waals surface area contributed by atoms with Gasteiger partial charge in [0.1, 0.15) is 0 Å². The predicted octanol–water partition coefficient (Wildman–Crippen LogP) is -4.34. The van der Waals surface area contributed by atoms with Gasteiger partial charge in [0.15, 0.2) is 0 Å². The van der Waals surface area contributed by atoms with E-state index in [-0.39, 0.29) is 11.9 Å². The fourth-order valence-corrected chi connectivity index (χ4v) is 0.841. The second kappa shape index (κ2) is 4.28. The van der Waals surface area contributed by atoms with Crippen LogP contribution in [0, 0.1) is 0 Å². The standard InChI is InChI=1S/C4H6N12O2/c5-3-7-11-13-15(3)9-1(17)2(18)10-16-4(6)8-12-14-16/h(H,9,17)(H,10,18)(H2,5,7,13)(H2,6,8,14). The van der Waals surface area contributed by atoms with Crippen LogP contribution in [0.15, 0.2) is 0 Å². The normalized spacial score (nSPS) is 10.0. The molecule has 0 aliphatic heterocycles. The number of hydrogen-bond acceptors (Lipinski definition) is 10. The van der Waals surface area contributed by atoms with E-state index in [2.05, 4.69) is 31.1 Å². The SMILES string of the molecule is Nc1nnnn1NC(=O)C(=O)Nn1nnnc1N. The number of nitrogens with one attached hydrogen (secondary N) is 2. The molecule has 0 spiro atoms. The highest BCUT2D eigenvalue weighted by Gasteiger charge is 2.17. The van der Waals surface area contributed by atoms with Gasteiger partial charge >= 0.3 is 11.8 Å². The van der Waals surface area contributed by atoms with Crippen molar-refractivity contribution in [2.24, 2.45) is 0 Å². The van der Waals surface area contributed by atoms with E-state index in [1.807, 2.05) is 10.9 Å². The molecule has 0 fully saturated rings. The van der Waals surface area contributed by atoms with Crippen molar-refractivity contribution in [2.75, 3.05) is 22.3 Å². The monoisotopic (exact) mass is 254 g/mol. The van der Waals surface area contributed by atoms with E-state index in [0.717, 1.165) is 0 Å². The molecule has 0 saturated carbocycles. The Labute approximate surface area is 97.2 Å². The Kier molecular flexibility index (Phi) is 2.65. The first kappa shape index (κ1) is 11.2. The minimum Gasteiger partial charge on any atom is -0.365 e. The summed E-state index contributed by atoms with van der Waals surface area (Å²) in [6.45, 7) is 0. The van der Waals surface area contributed by atoms with Crippen molar-refractivity contribution >= 4 is 23.7 Å². The van der Waals surface area contributed by atoms with Crippen LogP contribution >= 0.6 is 0 Å². The minimum absolute atomic E-state index is 0.196. The summed E-state index contributed by atoms with van der Waals surface area (Å²) in [5.41, 5.74) is 14.6. The second-order valence-corrected chi connectivity index (χ2v) is 2.78. The molecule has 0 saturated heterocycles. The summed E-state index contributed by atoms with van der Waals surface area (Å²) in [5.74, 6) is -2.58. The van der Waals surface area contributed by atoms with Crippen LogP contribution in [-0.4, -0.2) is 52.4 Å². The first-order valence-electron chi connectivity index (χ1n) is 4.28. The molecule has 2 rings (SSSR count). The van der Waals surface area contributed by atoms with Crippen LogP contribution in [0.3, 0.4) is 0 Å². The number of hydrogen-bond donors (Lipinski definition) is 4. The van der Waals surface area contributed by atoms with Gasteiger partial charge in [-0.25, -0.2) is 10.9 Å². The van der Waals surface area contributed by atoms with Crippen molar-refractivity contribution in [1.29, 1.82) is 0 Å². The summed E-state index contributed by atoms with van der Waals surface area (Å²) >= 11 is 0. The number of rotatable bonds is 2. The summed E-state index contributed by atoms with van der Waals surface area (Å²) in [7, 11) is 0. The maximum Gasteiger partial charge on any atom is 0.331 e. The maximum absolute atomic E-state index is 11.4. The molecular formula is C4H6N12O2. The molecule has 14 heteroatoms. The van der Waals surface area contributed by atoms with Gasteiger partial charge in [0.05, 0.1) is 0 Å². The number of carbonyl (C=O) groups excluding carboxylic acids is 2. The molecule has 0 aromatic carbocycles. The number of amides is 2. The molecule has 14 nitrogen and oxygen atoms in total. The molecular weight excluding hydrogens is 248 g/mol. The molecule has 94 valence electrons. The molecule has 0 bridgehead atoms. The molecule has 0 radical (unpaired) electrons. The van der Waals surface area contributed by atoms with Crippen molar-refractivity contribution in [2.45, 2.75) is 0 Å². The zero-order chi connectivity index (χ0) is 13.1. The quantitative estimate of drug-likeness (QED) is 0.380. The number of carbonyl (C=O) groups is 2. The lowest BCUT2D eigenvalue weighted by atomic mass is 10.6. The third kappa shape index (κ3) is 2.10. The average molecular weight is 254 g/mol. The van der Waals surface area contributed by atoms with E-state index in [1.54, 1.807) is 0 Å². The number of nitrogens with zero attached hydrogens (tertiary/aromatic N) is 8. The Hall–Kier alpha value is -3.32. The van der Waals surface area contributed by atoms with Gasteiger partial charge in [0.2, 0.25) is 0 Å². The first-order chi connectivity index (χ1) is 8.58. The van der Waals surface area contributed by atoms with Crippen LogP contribution in [0.4, 0.5) is 11.9 Å². The molecule has 2 amide bonds. The van der Waals surface area contributed by atoms with Crippen molar-refractivity contribution in [1.82, 2.24) is 40.6 Å². The molecule has 0 aliphatic rings. The number of nitrogens with two attached hydrogens (primary N) is 2. The smallest absolute Gasteiger partial charge is 0.331 e. The third-order valence-corrected chi connectivity index (χ3v) is 1.61. The van der Waals surface area contributed by atoms with Crippen LogP contribution in [0.25, 0.3) is 0 Å². The highest BCUT2D eigenvalue weighted by Crippen LogP contribution is 1.89. The Bertz CT molecular complexity index is 530. The van der Waals surface area contributed by atoms with Crippen molar-refractivity contribution in [3.8, 4) is 0 Å². The molecule has 0 atom stereocenters. The number of tetrazole rings is 2. The van der Waals surface area contributed by atoms with Crippen LogP contribution in [0.1, 0.15) is 0 Å². The number of anilines is 2. The van der Waals surface area contributed by atoms with Gasteiger partial charge in [-0.3, -0.25) is 9.59 Å². The molecule has 0 unspecified atom stereocenters. The summed E-state index contributed by atoms with van der Waals surface area (Å²) < 4.78 is 0. The maximum atomic E-state index is 11.4. The van der Waals surface area contributed by atoms with Crippen molar-refractivity contribution < 1.29 is 9.59 Å². The lowest BCUT2D eigenvalue weighted by molar-refractivity contribution is -0.134. The van der Waals surface area contributed by atoms with E-state index in [0.29, 0.717) is 9.58 Å². The van der Waals surface area contributed by atoms with Gasteiger partial charge < -0.3 is 11.5 Å². The van der Waals surface area contributed by atoms with Gasteiger partial charge in [-0.2, -0.15) is 0 Å². The van der Waals surface area contributed by atoms with Gasteiger partial charge in [-0.1, -0.05) is 10.2 Å². The molecule has 6 N–H and O–H groups in total. The molecule has 2 heterocycles. The van der Waals surface area contributed by atoms with E-state index < -0.39 is 11.8 Å². The predicted molar refractivity (Wildman–Crippen MR) is 53.2 cm³/mol. The molecule has 18 heavy (non-hydrogen) atoms. The summed E-state index contributed by atoms with van der Waals surface area (Å²) in [5, 5.41) is 19.5. The molecule has 2 aromatic heterocycles.